The molecule has 3 N–H and O–H groups in total. The zero-order valence-corrected chi connectivity index (χ0v) is 13.4. The van der Waals surface area contributed by atoms with Crippen LogP contribution in [-0.2, 0) is 11.2 Å². The van der Waals surface area contributed by atoms with Gasteiger partial charge in [0.1, 0.15) is 5.75 Å². The summed E-state index contributed by atoms with van der Waals surface area (Å²) in [6, 6.07) is 6.38. The number of carbonyl (C=O) groups is 1. The Labute approximate surface area is 127 Å². The van der Waals surface area contributed by atoms with Crippen LogP contribution in [0.3, 0.4) is 0 Å². The highest BCUT2D eigenvalue weighted by atomic mass is 16.3. The summed E-state index contributed by atoms with van der Waals surface area (Å²) in [6.07, 6.45) is 0.476. The first-order valence-electron chi connectivity index (χ1n) is 7.33. The van der Waals surface area contributed by atoms with E-state index >= 15 is 0 Å². The molecule has 21 heavy (non-hydrogen) atoms. The molecule has 0 fully saturated rings. The third-order valence-electron chi connectivity index (χ3n) is 3.49. The van der Waals surface area contributed by atoms with Crippen molar-refractivity contribution in [2.24, 2.45) is 5.73 Å². The molecule has 1 aromatic rings. The van der Waals surface area contributed by atoms with Gasteiger partial charge in [-0.3, -0.25) is 4.79 Å². The van der Waals surface area contributed by atoms with Crippen LogP contribution >= 0.6 is 0 Å². The van der Waals surface area contributed by atoms with Crippen LogP contribution in [0.5, 0.6) is 5.75 Å². The zero-order valence-electron chi connectivity index (χ0n) is 13.4. The van der Waals surface area contributed by atoms with Crippen molar-refractivity contribution in [2.45, 2.75) is 32.4 Å². The van der Waals surface area contributed by atoms with E-state index in [9.17, 15) is 9.90 Å². The van der Waals surface area contributed by atoms with Gasteiger partial charge in [0.25, 0.3) is 0 Å². The van der Waals surface area contributed by atoms with E-state index in [4.69, 9.17) is 5.73 Å². The molecule has 0 saturated heterocycles. The summed E-state index contributed by atoms with van der Waals surface area (Å²) in [4.78, 5) is 16.4. The third kappa shape index (κ3) is 5.36. The zero-order chi connectivity index (χ0) is 16.0. The number of hydrogen-bond donors (Lipinski definition) is 2. The molecule has 1 unspecified atom stereocenters. The lowest BCUT2D eigenvalue weighted by molar-refractivity contribution is -0.134. The Morgan fingerprint density at radius 3 is 2.33 bits per heavy atom. The van der Waals surface area contributed by atoms with Crippen molar-refractivity contribution in [3.8, 4) is 5.75 Å². The first-order valence-corrected chi connectivity index (χ1v) is 7.33. The van der Waals surface area contributed by atoms with Gasteiger partial charge in [0.05, 0.1) is 6.04 Å². The van der Waals surface area contributed by atoms with Crippen LogP contribution in [0.2, 0.25) is 0 Å². The van der Waals surface area contributed by atoms with E-state index in [1.165, 1.54) is 0 Å². The largest absolute Gasteiger partial charge is 0.508 e. The molecule has 0 bridgehead atoms. The second-order valence-corrected chi connectivity index (χ2v) is 5.71. The van der Waals surface area contributed by atoms with Crippen LogP contribution in [0.25, 0.3) is 0 Å². The number of nitrogens with zero attached hydrogens (tertiary/aromatic N) is 2. The molecule has 0 aliphatic carbocycles. The molecular weight excluding hydrogens is 266 g/mol. The Bertz CT molecular complexity index is 445. The molecule has 1 amide bonds. The fourth-order valence-corrected chi connectivity index (χ4v) is 2.50. The second-order valence-electron chi connectivity index (χ2n) is 5.71. The molecule has 0 aromatic heterocycles. The molecule has 1 aromatic carbocycles. The van der Waals surface area contributed by atoms with Gasteiger partial charge in [0, 0.05) is 19.1 Å². The number of amides is 1. The minimum Gasteiger partial charge on any atom is -0.508 e. The number of hydrogen-bond acceptors (Lipinski definition) is 4. The minimum absolute atomic E-state index is 0.0278. The van der Waals surface area contributed by atoms with E-state index < -0.39 is 6.04 Å². The number of phenols is 1. The van der Waals surface area contributed by atoms with Crippen molar-refractivity contribution in [1.29, 1.82) is 0 Å². The molecule has 0 aliphatic heterocycles. The Kier molecular flexibility index (Phi) is 6.65. The molecule has 0 saturated carbocycles. The second kappa shape index (κ2) is 8.00. The molecule has 0 radical (unpaired) electrons. The number of nitrogens with two attached hydrogens (primary N) is 1. The average molecular weight is 293 g/mol. The summed E-state index contributed by atoms with van der Waals surface area (Å²) in [7, 11) is 3.98. The van der Waals surface area contributed by atoms with E-state index in [1.54, 1.807) is 24.3 Å². The molecule has 2 atom stereocenters. The smallest absolute Gasteiger partial charge is 0.240 e. The Morgan fingerprint density at radius 2 is 1.86 bits per heavy atom. The van der Waals surface area contributed by atoms with E-state index in [0.717, 1.165) is 12.1 Å². The summed E-state index contributed by atoms with van der Waals surface area (Å²) >= 11 is 0. The lowest BCUT2D eigenvalue weighted by Crippen LogP contribution is -2.51. The summed E-state index contributed by atoms with van der Waals surface area (Å²) in [5, 5.41) is 9.27. The lowest BCUT2D eigenvalue weighted by atomic mass is 10.0. The maximum absolute atomic E-state index is 12.5. The van der Waals surface area contributed by atoms with E-state index in [2.05, 4.69) is 4.90 Å². The highest BCUT2D eigenvalue weighted by Gasteiger charge is 2.24. The van der Waals surface area contributed by atoms with Gasteiger partial charge in [0.15, 0.2) is 0 Å². The molecule has 5 heteroatoms. The Hall–Kier alpha value is -1.59. The van der Waals surface area contributed by atoms with Crippen LogP contribution < -0.4 is 5.73 Å². The first-order chi connectivity index (χ1) is 9.85. The quantitative estimate of drug-likeness (QED) is 0.789. The van der Waals surface area contributed by atoms with Gasteiger partial charge >= 0.3 is 0 Å². The number of carbonyl (C=O) groups excluding carboxylic acids is 1. The molecule has 1 rings (SSSR count). The molecule has 0 heterocycles. The number of aromatic hydroxyl groups is 1. The topological polar surface area (TPSA) is 69.8 Å². The van der Waals surface area contributed by atoms with Crippen LogP contribution in [-0.4, -0.2) is 60.1 Å². The van der Waals surface area contributed by atoms with E-state index in [0.29, 0.717) is 13.0 Å². The maximum Gasteiger partial charge on any atom is 0.240 e. The third-order valence-corrected chi connectivity index (χ3v) is 3.49. The molecule has 0 spiro atoms. The van der Waals surface area contributed by atoms with Crippen molar-refractivity contribution < 1.29 is 9.90 Å². The summed E-state index contributed by atoms with van der Waals surface area (Å²) < 4.78 is 0. The van der Waals surface area contributed by atoms with Gasteiger partial charge < -0.3 is 20.6 Å². The Morgan fingerprint density at radius 1 is 1.29 bits per heavy atom. The standard InChI is InChI=1S/C16H27N3O2/c1-5-19(12(2)11-18(3)4)16(21)15(17)10-13-6-8-14(20)9-7-13/h6-9,12,15,20H,5,10-11,17H2,1-4H3/t12?,15-/m0/s1. The molecule has 5 nitrogen and oxygen atoms in total. The molecular formula is C16H27N3O2. The van der Waals surface area contributed by atoms with Crippen LogP contribution in [0.4, 0.5) is 0 Å². The highest BCUT2D eigenvalue weighted by Crippen LogP contribution is 2.12. The van der Waals surface area contributed by atoms with E-state index in [-0.39, 0.29) is 17.7 Å². The van der Waals surface area contributed by atoms with Gasteiger partial charge in [-0.15, -0.1) is 0 Å². The molecule has 0 aliphatic rings. The SMILES string of the molecule is CCN(C(=O)[C@@H](N)Cc1ccc(O)cc1)C(C)CN(C)C. The number of benzene rings is 1. The van der Waals surface area contributed by atoms with Crippen molar-refractivity contribution in [1.82, 2.24) is 9.80 Å². The average Bonchev–Trinajstić information content (AvgIpc) is 2.41. The number of rotatable bonds is 7. The lowest BCUT2D eigenvalue weighted by Gasteiger charge is -2.32. The Balaban J connectivity index is 2.68. The summed E-state index contributed by atoms with van der Waals surface area (Å²) in [6.45, 7) is 5.47. The first kappa shape index (κ1) is 17.5. The van der Waals surface area contributed by atoms with Crippen molar-refractivity contribution in [3.63, 3.8) is 0 Å². The van der Waals surface area contributed by atoms with Gasteiger partial charge in [-0.25, -0.2) is 0 Å². The number of phenolic OH excluding ortho intramolecular Hbond substituents is 1. The van der Waals surface area contributed by atoms with Crippen LogP contribution in [0, 0.1) is 0 Å². The highest BCUT2D eigenvalue weighted by molar-refractivity contribution is 5.82. The van der Waals surface area contributed by atoms with Gasteiger partial charge in [-0.05, 0) is 52.1 Å². The fraction of sp³-hybridized carbons (Fsp3) is 0.562. The van der Waals surface area contributed by atoms with Gasteiger partial charge in [-0.1, -0.05) is 12.1 Å². The van der Waals surface area contributed by atoms with Crippen molar-refractivity contribution >= 4 is 5.91 Å². The molecule has 118 valence electrons. The van der Waals surface area contributed by atoms with Crippen molar-refractivity contribution in [3.05, 3.63) is 29.8 Å². The van der Waals surface area contributed by atoms with Gasteiger partial charge in [-0.2, -0.15) is 0 Å². The summed E-state index contributed by atoms with van der Waals surface area (Å²) in [5.41, 5.74) is 7.01. The van der Waals surface area contributed by atoms with Crippen LogP contribution in [0.15, 0.2) is 24.3 Å². The van der Waals surface area contributed by atoms with Crippen LogP contribution in [0.1, 0.15) is 19.4 Å². The monoisotopic (exact) mass is 293 g/mol. The van der Waals surface area contributed by atoms with E-state index in [1.807, 2.05) is 32.8 Å². The normalized spacial score (nSPS) is 14.0. The predicted molar refractivity (Wildman–Crippen MR) is 85.2 cm³/mol. The number of likely N-dealkylation sites (N-methyl/N-ethyl adjacent to an activating group) is 2. The predicted octanol–water partition coefficient (Wildman–Crippen LogP) is 1.06. The van der Waals surface area contributed by atoms with Crippen molar-refractivity contribution in [2.75, 3.05) is 27.2 Å². The summed E-state index contributed by atoms with van der Waals surface area (Å²) in [5.74, 6) is 0.188. The minimum atomic E-state index is -0.556. The fourth-order valence-electron chi connectivity index (χ4n) is 2.50. The maximum atomic E-state index is 12.5. The van der Waals surface area contributed by atoms with Gasteiger partial charge in [0.2, 0.25) is 5.91 Å².